The Bertz CT molecular complexity index is 1540. The van der Waals surface area contributed by atoms with Gasteiger partial charge in [0.05, 0.1) is 10.7 Å². The topological polar surface area (TPSA) is 54.3 Å². The number of halogens is 2. The molecule has 0 fully saturated rings. The zero-order valence-electron chi connectivity index (χ0n) is 19.6. The molecule has 0 aliphatic rings. The fourth-order valence-electron chi connectivity index (χ4n) is 3.69. The van der Waals surface area contributed by atoms with E-state index in [4.69, 9.17) is 28.2 Å². The number of benzene rings is 4. The predicted octanol–water partition coefficient (Wildman–Crippen LogP) is 8.35. The summed E-state index contributed by atoms with van der Waals surface area (Å²) in [5.41, 5.74) is 4.81. The van der Waals surface area contributed by atoms with Gasteiger partial charge in [0.1, 0.15) is 11.4 Å². The number of aromatic nitrogens is 3. The molecule has 0 bridgehead atoms. The third-order valence-corrected chi connectivity index (χ3v) is 5.99. The van der Waals surface area contributed by atoms with Crippen LogP contribution in [0.25, 0.3) is 28.6 Å². The molecule has 5 aromatic rings. The summed E-state index contributed by atoms with van der Waals surface area (Å²) < 4.78 is 0. The van der Waals surface area contributed by atoms with Crippen LogP contribution in [0.4, 0.5) is 11.6 Å². The number of hydrazone groups is 1. The summed E-state index contributed by atoms with van der Waals surface area (Å²) >= 11 is 12.7. The van der Waals surface area contributed by atoms with Gasteiger partial charge in [0.15, 0.2) is 0 Å². The van der Waals surface area contributed by atoms with E-state index in [1.54, 1.807) is 29.4 Å². The molecule has 180 valence electrons. The zero-order valence-corrected chi connectivity index (χ0v) is 21.1. The Morgan fingerprint density at radius 3 is 1.95 bits per heavy atom. The van der Waals surface area contributed by atoms with Crippen molar-refractivity contribution < 1.29 is 0 Å². The van der Waals surface area contributed by atoms with Crippen molar-refractivity contribution in [3.63, 3.8) is 0 Å². The van der Waals surface area contributed by atoms with Gasteiger partial charge in [-0.2, -0.15) is 10.1 Å². The third-order valence-electron chi connectivity index (χ3n) is 5.45. The highest BCUT2D eigenvalue weighted by molar-refractivity contribution is 6.36. The maximum atomic E-state index is 6.57. The van der Waals surface area contributed by atoms with Crippen molar-refractivity contribution in [2.45, 2.75) is 0 Å². The minimum absolute atomic E-state index is 0.270. The Balaban J connectivity index is 1.61. The Hall–Kier alpha value is -4.32. The van der Waals surface area contributed by atoms with Gasteiger partial charge >= 0.3 is 0 Å². The molecule has 1 heterocycles. The van der Waals surface area contributed by atoms with Crippen LogP contribution in [0.5, 0.6) is 0 Å². The van der Waals surface area contributed by atoms with Crippen LogP contribution >= 0.6 is 23.2 Å². The first kappa shape index (κ1) is 24.4. The number of nitrogens with zero attached hydrogens (tertiary/aromatic N) is 5. The van der Waals surface area contributed by atoms with Crippen LogP contribution in [-0.4, -0.2) is 21.4 Å². The van der Waals surface area contributed by atoms with Crippen LogP contribution in [0.2, 0.25) is 10.0 Å². The zero-order chi connectivity index (χ0) is 25.5. The first-order chi connectivity index (χ1) is 18.2. The number of rotatable bonds is 7. The largest absolute Gasteiger partial charge is 0.271 e. The maximum absolute atomic E-state index is 6.57. The van der Waals surface area contributed by atoms with Crippen molar-refractivity contribution in [3.8, 4) is 22.5 Å². The molecule has 0 aliphatic carbocycles. The normalized spacial score (nSPS) is 11.3. The van der Waals surface area contributed by atoms with Gasteiger partial charge in [-0.25, -0.2) is 4.98 Å². The molecule has 0 aliphatic heterocycles. The number of hydrogen-bond donors (Lipinski definition) is 0. The van der Waals surface area contributed by atoms with E-state index in [1.165, 1.54) is 0 Å². The number of anilines is 2. The molecular weight excluding hydrogens is 501 g/mol. The molecule has 0 spiro atoms. The van der Waals surface area contributed by atoms with Crippen LogP contribution in [-0.2, 0) is 0 Å². The minimum Gasteiger partial charge on any atom is -0.207 e. The van der Waals surface area contributed by atoms with Crippen LogP contribution in [0.15, 0.2) is 120 Å². The van der Waals surface area contributed by atoms with Gasteiger partial charge in [-0.3, -0.25) is 0 Å². The monoisotopic (exact) mass is 521 g/mol. The molecule has 7 heteroatoms. The van der Waals surface area contributed by atoms with E-state index in [2.05, 4.69) is 15.3 Å². The van der Waals surface area contributed by atoms with E-state index >= 15 is 0 Å². The van der Waals surface area contributed by atoms with Crippen molar-refractivity contribution in [3.05, 3.63) is 131 Å². The van der Waals surface area contributed by atoms with Crippen molar-refractivity contribution in [2.75, 3.05) is 5.01 Å². The van der Waals surface area contributed by atoms with Crippen molar-refractivity contribution in [2.24, 2.45) is 5.10 Å². The highest BCUT2D eigenvalue weighted by Gasteiger charge is 2.20. The van der Waals surface area contributed by atoms with Gasteiger partial charge in [0.2, 0.25) is 0 Å². The van der Waals surface area contributed by atoms with E-state index in [0.717, 1.165) is 16.7 Å². The molecule has 0 saturated heterocycles. The average Bonchev–Trinajstić information content (AvgIpc) is 2.95. The van der Waals surface area contributed by atoms with Gasteiger partial charge in [-0.15, -0.1) is 10.2 Å². The molecule has 5 nitrogen and oxygen atoms in total. The maximum Gasteiger partial charge on any atom is 0.271 e. The van der Waals surface area contributed by atoms with Crippen LogP contribution in [0.1, 0.15) is 5.56 Å². The van der Waals surface area contributed by atoms with Crippen LogP contribution < -0.4 is 5.01 Å². The van der Waals surface area contributed by atoms with Gasteiger partial charge in [-0.1, -0.05) is 120 Å². The van der Waals surface area contributed by atoms with Crippen molar-refractivity contribution in [1.82, 2.24) is 15.2 Å². The lowest BCUT2D eigenvalue weighted by Crippen LogP contribution is -2.15. The summed E-state index contributed by atoms with van der Waals surface area (Å²) in [6.07, 6.45) is 5.46. The smallest absolute Gasteiger partial charge is 0.207 e. The third kappa shape index (κ3) is 5.92. The molecular formula is C30H21Cl2N5. The Morgan fingerprint density at radius 1 is 0.676 bits per heavy atom. The van der Waals surface area contributed by atoms with Crippen LogP contribution in [0.3, 0.4) is 0 Å². The van der Waals surface area contributed by atoms with Crippen molar-refractivity contribution >= 4 is 47.1 Å². The number of allylic oxidation sites excluding steroid dienone is 1. The van der Waals surface area contributed by atoms with Gasteiger partial charge in [0, 0.05) is 22.4 Å². The standard InChI is InChI=1S/C30H21Cl2N5/c31-25-18-19-27(26(32)21-25)37(33-20-10-13-22-11-4-1-5-12-22)30-34-28(23-14-6-2-7-15-23)29(35-36-30)24-16-8-3-9-17-24/h1-21H. The fraction of sp³-hybridized carbons (Fsp3) is 0. The first-order valence-electron chi connectivity index (χ1n) is 11.6. The molecule has 37 heavy (non-hydrogen) atoms. The molecule has 0 radical (unpaired) electrons. The molecule has 0 atom stereocenters. The summed E-state index contributed by atoms with van der Waals surface area (Å²) in [6, 6.07) is 34.9. The summed E-state index contributed by atoms with van der Waals surface area (Å²) in [7, 11) is 0. The van der Waals surface area contributed by atoms with Crippen molar-refractivity contribution in [1.29, 1.82) is 0 Å². The van der Waals surface area contributed by atoms with E-state index < -0.39 is 0 Å². The minimum atomic E-state index is 0.270. The Labute approximate surface area is 225 Å². The highest BCUT2D eigenvalue weighted by atomic mass is 35.5. The summed E-state index contributed by atoms with van der Waals surface area (Å²) in [5, 5.41) is 16.2. The molecule has 1 aromatic heterocycles. The first-order valence-corrected chi connectivity index (χ1v) is 12.3. The molecule has 0 unspecified atom stereocenters. The fourth-order valence-corrected chi connectivity index (χ4v) is 4.18. The lowest BCUT2D eigenvalue weighted by atomic mass is 10.0. The lowest BCUT2D eigenvalue weighted by Gasteiger charge is -2.19. The molecule has 5 rings (SSSR count). The van der Waals surface area contributed by atoms with Gasteiger partial charge < -0.3 is 0 Å². The van der Waals surface area contributed by atoms with E-state index in [1.807, 2.05) is 103 Å². The second-order valence-corrected chi connectivity index (χ2v) is 8.83. The summed E-state index contributed by atoms with van der Waals surface area (Å²) in [4.78, 5) is 4.92. The molecule has 0 amide bonds. The quantitative estimate of drug-likeness (QED) is 0.159. The van der Waals surface area contributed by atoms with E-state index in [9.17, 15) is 0 Å². The van der Waals surface area contributed by atoms with E-state index in [-0.39, 0.29) is 5.95 Å². The second kappa shape index (κ2) is 11.6. The number of hydrogen-bond acceptors (Lipinski definition) is 5. The SMILES string of the molecule is Clc1ccc(N(N=CC=Cc2ccccc2)c2nnc(-c3ccccc3)c(-c3ccccc3)n2)c(Cl)c1. The second-order valence-electron chi connectivity index (χ2n) is 7.98. The summed E-state index contributed by atoms with van der Waals surface area (Å²) in [5.74, 6) is 0.270. The Morgan fingerprint density at radius 2 is 1.30 bits per heavy atom. The predicted molar refractivity (Wildman–Crippen MR) is 153 cm³/mol. The lowest BCUT2D eigenvalue weighted by molar-refractivity contribution is 0.909. The van der Waals surface area contributed by atoms with Gasteiger partial charge in [-0.05, 0) is 29.8 Å². The van der Waals surface area contributed by atoms with Gasteiger partial charge in [0.25, 0.3) is 5.95 Å². The average molecular weight is 522 g/mol. The Kier molecular flexibility index (Phi) is 7.65. The molecule has 0 saturated carbocycles. The highest BCUT2D eigenvalue weighted by Crippen LogP contribution is 2.35. The van der Waals surface area contributed by atoms with E-state index in [0.29, 0.717) is 27.1 Å². The summed E-state index contributed by atoms with van der Waals surface area (Å²) in [6.45, 7) is 0. The molecule has 0 N–H and O–H groups in total. The molecule has 4 aromatic carbocycles. The van der Waals surface area contributed by atoms with Crippen LogP contribution in [0, 0.1) is 0 Å².